The second kappa shape index (κ2) is 5.95. The first-order valence-electron chi connectivity index (χ1n) is 6.55. The molecule has 1 N–H and O–H groups in total. The minimum Gasteiger partial charge on any atom is -0.454 e. The summed E-state index contributed by atoms with van der Waals surface area (Å²) in [5.41, 5.74) is 0.896. The van der Waals surface area contributed by atoms with E-state index in [-0.39, 0.29) is 18.7 Å². The highest BCUT2D eigenvalue weighted by atomic mass is 35.5. The van der Waals surface area contributed by atoms with Crippen LogP contribution in [0, 0.1) is 0 Å². The minimum atomic E-state index is -0.0518. The number of amides is 1. The molecule has 0 fully saturated rings. The van der Waals surface area contributed by atoms with E-state index in [9.17, 15) is 4.79 Å². The molecule has 0 saturated heterocycles. The third kappa shape index (κ3) is 3.31. The molecular formula is C15H14ClNO3S. The summed E-state index contributed by atoms with van der Waals surface area (Å²) < 4.78 is 11.3. The van der Waals surface area contributed by atoms with E-state index >= 15 is 0 Å². The van der Waals surface area contributed by atoms with Gasteiger partial charge in [0.25, 0.3) is 0 Å². The van der Waals surface area contributed by atoms with Crippen LogP contribution in [-0.4, -0.2) is 12.7 Å². The summed E-state index contributed by atoms with van der Waals surface area (Å²) in [7, 11) is 0. The van der Waals surface area contributed by atoms with Gasteiger partial charge in [-0.05, 0) is 36.8 Å². The van der Waals surface area contributed by atoms with Gasteiger partial charge < -0.3 is 14.8 Å². The number of benzene rings is 1. The zero-order valence-electron chi connectivity index (χ0n) is 11.4. The predicted molar refractivity (Wildman–Crippen MR) is 82.2 cm³/mol. The van der Waals surface area contributed by atoms with Crippen molar-refractivity contribution in [2.24, 2.45) is 0 Å². The lowest BCUT2D eigenvalue weighted by Crippen LogP contribution is -2.27. The third-order valence-electron chi connectivity index (χ3n) is 3.20. The summed E-state index contributed by atoms with van der Waals surface area (Å²) >= 11 is 7.38. The zero-order valence-corrected chi connectivity index (χ0v) is 13.0. The fraction of sp³-hybridized carbons (Fsp3) is 0.267. The Morgan fingerprint density at radius 2 is 2.14 bits per heavy atom. The van der Waals surface area contributed by atoms with Crippen LogP contribution in [-0.2, 0) is 11.2 Å². The van der Waals surface area contributed by atoms with Gasteiger partial charge in [0, 0.05) is 4.88 Å². The van der Waals surface area contributed by atoms with Crippen LogP contribution in [0.2, 0.25) is 4.34 Å². The van der Waals surface area contributed by atoms with Crippen LogP contribution in [0.15, 0.2) is 30.3 Å². The topological polar surface area (TPSA) is 47.6 Å². The van der Waals surface area contributed by atoms with Crippen molar-refractivity contribution in [3.05, 3.63) is 45.1 Å². The van der Waals surface area contributed by atoms with Crippen LogP contribution < -0.4 is 14.8 Å². The van der Waals surface area contributed by atoms with E-state index < -0.39 is 0 Å². The fourth-order valence-corrected chi connectivity index (χ4v) is 3.22. The van der Waals surface area contributed by atoms with Crippen LogP contribution in [0.25, 0.3) is 0 Å². The van der Waals surface area contributed by atoms with Gasteiger partial charge >= 0.3 is 0 Å². The molecule has 0 saturated carbocycles. The Balaban J connectivity index is 1.61. The van der Waals surface area contributed by atoms with Gasteiger partial charge in [0.2, 0.25) is 12.7 Å². The SMILES string of the molecule is CC(NC(=O)Cc1ccc2c(c1)OCO2)c1ccc(Cl)s1. The van der Waals surface area contributed by atoms with Crippen molar-refractivity contribution in [2.45, 2.75) is 19.4 Å². The molecule has 1 aromatic carbocycles. The van der Waals surface area contributed by atoms with Gasteiger partial charge in [-0.3, -0.25) is 4.79 Å². The van der Waals surface area contributed by atoms with Gasteiger partial charge in [0.15, 0.2) is 11.5 Å². The standard InChI is InChI=1S/C15H14ClNO3S/c1-9(13-4-5-14(16)21-13)17-15(18)7-10-2-3-11-12(6-10)20-8-19-11/h2-6,9H,7-8H2,1H3,(H,17,18). The van der Waals surface area contributed by atoms with Crippen LogP contribution in [0.4, 0.5) is 0 Å². The number of rotatable bonds is 4. The maximum Gasteiger partial charge on any atom is 0.231 e. The second-order valence-electron chi connectivity index (χ2n) is 4.80. The van der Waals surface area contributed by atoms with E-state index in [0.717, 1.165) is 20.5 Å². The molecule has 0 radical (unpaired) electrons. The van der Waals surface area contributed by atoms with Crippen LogP contribution in [0.3, 0.4) is 0 Å². The molecule has 3 rings (SSSR count). The summed E-state index contributed by atoms with van der Waals surface area (Å²) in [6.07, 6.45) is 0.306. The Kier molecular flexibility index (Phi) is 4.03. The van der Waals surface area contributed by atoms with Gasteiger partial charge in [-0.1, -0.05) is 17.7 Å². The fourth-order valence-electron chi connectivity index (χ4n) is 2.16. The normalized spacial score (nSPS) is 14.0. The smallest absolute Gasteiger partial charge is 0.231 e. The summed E-state index contributed by atoms with van der Waals surface area (Å²) in [6, 6.07) is 9.26. The lowest BCUT2D eigenvalue weighted by atomic mass is 10.1. The lowest BCUT2D eigenvalue weighted by Gasteiger charge is -2.12. The van der Waals surface area contributed by atoms with Gasteiger partial charge in [-0.2, -0.15) is 0 Å². The first-order chi connectivity index (χ1) is 10.1. The number of nitrogens with one attached hydrogen (secondary N) is 1. The first-order valence-corrected chi connectivity index (χ1v) is 7.74. The number of ether oxygens (including phenoxy) is 2. The summed E-state index contributed by atoms with van der Waals surface area (Å²) in [5.74, 6) is 1.38. The number of halogens is 1. The van der Waals surface area contributed by atoms with Gasteiger partial charge in [0.05, 0.1) is 16.8 Å². The molecule has 6 heteroatoms. The van der Waals surface area contributed by atoms with E-state index in [1.54, 1.807) is 0 Å². The average Bonchev–Trinajstić information content (AvgIpc) is 3.06. The molecule has 21 heavy (non-hydrogen) atoms. The van der Waals surface area contributed by atoms with Gasteiger partial charge in [-0.15, -0.1) is 11.3 Å². The van der Waals surface area contributed by atoms with E-state index in [4.69, 9.17) is 21.1 Å². The van der Waals surface area contributed by atoms with Gasteiger partial charge in [-0.25, -0.2) is 0 Å². The Bertz CT molecular complexity index is 671. The second-order valence-corrected chi connectivity index (χ2v) is 6.54. The molecule has 1 aromatic heterocycles. The largest absolute Gasteiger partial charge is 0.454 e. The average molecular weight is 324 g/mol. The first kappa shape index (κ1) is 14.2. The molecular weight excluding hydrogens is 310 g/mol. The molecule has 110 valence electrons. The van der Waals surface area contributed by atoms with E-state index in [0.29, 0.717) is 12.2 Å². The van der Waals surface area contributed by atoms with Gasteiger partial charge in [0.1, 0.15) is 0 Å². The molecule has 4 nitrogen and oxygen atoms in total. The van der Waals surface area contributed by atoms with E-state index in [1.807, 2.05) is 37.3 Å². The van der Waals surface area contributed by atoms with Crippen LogP contribution in [0.5, 0.6) is 11.5 Å². The van der Waals surface area contributed by atoms with Crippen molar-refractivity contribution in [1.82, 2.24) is 5.32 Å². The molecule has 0 bridgehead atoms. The van der Waals surface area contributed by atoms with E-state index in [1.165, 1.54) is 11.3 Å². The third-order valence-corrected chi connectivity index (χ3v) is 4.61. The number of carbonyl (C=O) groups is 1. The van der Waals surface area contributed by atoms with Crippen molar-refractivity contribution < 1.29 is 14.3 Å². The highest BCUT2D eigenvalue weighted by Gasteiger charge is 2.16. The number of thiophene rings is 1. The molecule has 1 aliphatic heterocycles. The number of hydrogen-bond acceptors (Lipinski definition) is 4. The van der Waals surface area contributed by atoms with Crippen LogP contribution in [0.1, 0.15) is 23.4 Å². The maximum absolute atomic E-state index is 12.1. The summed E-state index contributed by atoms with van der Waals surface area (Å²) in [4.78, 5) is 13.1. The predicted octanol–water partition coefficient (Wildman–Crippen LogP) is 3.55. The highest BCUT2D eigenvalue weighted by molar-refractivity contribution is 7.16. The number of carbonyl (C=O) groups excluding carboxylic acids is 1. The molecule has 1 atom stereocenters. The summed E-state index contributed by atoms with van der Waals surface area (Å²) in [5, 5.41) is 2.97. The summed E-state index contributed by atoms with van der Waals surface area (Å²) in [6.45, 7) is 2.18. The van der Waals surface area contributed by atoms with Crippen molar-refractivity contribution in [2.75, 3.05) is 6.79 Å². The number of fused-ring (bicyclic) bond motifs is 1. The maximum atomic E-state index is 12.1. The zero-order chi connectivity index (χ0) is 14.8. The Labute approximate surface area is 131 Å². The number of hydrogen-bond donors (Lipinski definition) is 1. The van der Waals surface area contributed by atoms with Crippen molar-refractivity contribution >= 4 is 28.8 Å². The molecule has 1 unspecified atom stereocenters. The molecule has 1 amide bonds. The van der Waals surface area contributed by atoms with Crippen molar-refractivity contribution in [3.63, 3.8) is 0 Å². The Morgan fingerprint density at radius 3 is 2.90 bits per heavy atom. The molecule has 2 heterocycles. The molecule has 1 aliphatic rings. The lowest BCUT2D eigenvalue weighted by molar-refractivity contribution is -0.121. The van der Waals surface area contributed by atoms with Crippen molar-refractivity contribution in [3.8, 4) is 11.5 Å². The Hall–Kier alpha value is -1.72. The minimum absolute atomic E-state index is 0.0362. The molecule has 2 aromatic rings. The molecule has 0 spiro atoms. The van der Waals surface area contributed by atoms with Crippen LogP contribution >= 0.6 is 22.9 Å². The Morgan fingerprint density at radius 1 is 1.33 bits per heavy atom. The quantitative estimate of drug-likeness (QED) is 0.936. The molecule has 0 aliphatic carbocycles. The monoisotopic (exact) mass is 323 g/mol. The van der Waals surface area contributed by atoms with Crippen molar-refractivity contribution in [1.29, 1.82) is 0 Å². The van der Waals surface area contributed by atoms with E-state index in [2.05, 4.69) is 5.32 Å². The highest BCUT2D eigenvalue weighted by Crippen LogP contribution is 2.32.